The minimum atomic E-state index is -0.659. The molecule has 0 aliphatic heterocycles. The molecule has 0 aliphatic rings. The van der Waals surface area contributed by atoms with Gasteiger partial charge in [-0.25, -0.2) is 9.97 Å². The molecule has 0 bridgehead atoms. The maximum atomic E-state index is 12.1. The van der Waals surface area contributed by atoms with E-state index in [1.54, 1.807) is 13.0 Å². The minimum absolute atomic E-state index is 0.0986. The molecule has 2 rings (SSSR count). The predicted octanol–water partition coefficient (Wildman–Crippen LogP) is 3.25. The maximum absolute atomic E-state index is 12.1. The van der Waals surface area contributed by atoms with Crippen molar-refractivity contribution in [1.82, 2.24) is 9.97 Å². The number of amides is 1. The van der Waals surface area contributed by atoms with Crippen LogP contribution in [0.4, 0.5) is 11.4 Å². The monoisotopic (exact) mass is 326 g/mol. The highest BCUT2D eigenvalue weighted by Crippen LogP contribution is 2.21. The summed E-state index contributed by atoms with van der Waals surface area (Å²) in [5.74, 6) is -0.625. The van der Waals surface area contributed by atoms with Crippen LogP contribution in [-0.4, -0.2) is 20.8 Å². The van der Waals surface area contributed by atoms with Crippen LogP contribution < -0.4 is 5.32 Å². The van der Waals surface area contributed by atoms with E-state index in [4.69, 9.17) is 23.2 Å². The van der Waals surface area contributed by atoms with E-state index < -0.39 is 10.8 Å². The van der Waals surface area contributed by atoms with E-state index in [1.165, 1.54) is 6.20 Å². The normalized spacial score (nSPS) is 10.2. The predicted molar refractivity (Wildman–Crippen MR) is 77.8 cm³/mol. The molecule has 0 aromatic carbocycles. The minimum Gasteiger partial charge on any atom is -0.320 e. The van der Waals surface area contributed by atoms with Crippen molar-refractivity contribution in [2.75, 3.05) is 5.32 Å². The van der Waals surface area contributed by atoms with Gasteiger partial charge in [0.1, 0.15) is 16.5 Å². The van der Waals surface area contributed by atoms with Crippen LogP contribution in [-0.2, 0) is 0 Å². The van der Waals surface area contributed by atoms with Crippen molar-refractivity contribution in [3.05, 3.63) is 56.1 Å². The van der Waals surface area contributed by atoms with Gasteiger partial charge >= 0.3 is 0 Å². The van der Waals surface area contributed by atoms with Crippen LogP contribution in [0, 0.1) is 17.0 Å². The lowest BCUT2D eigenvalue weighted by molar-refractivity contribution is -0.385. The molecule has 7 nitrogen and oxygen atoms in total. The molecule has 2 heterocycles. The van der Waals surface area contributed by atoms with E-state index >= 15 is 0 Å². The lowest BCUT2D eigenvalue weighted by atomic mass is 10.2. The van der Waals surface area contributed by atoms with Gasteiger partial charge in [0.25, 0.3) is 11.6 Å². The number of halogens is 2. The Labute approximate surface area is 129 Å². The van der Waals surface area contributed by atoms with Gasteiger partial charge in [-0.1, -0.05) is 23.2 Å². The van der Waals surface area contributed by atoms with Gasteiger partial charge in [-0.2, -0.15) is 0 Å². The number of nitro groups is 1. The zero-order valence-corrected chi connectivity index (χ0v) is 12.1. The number of aromatic nitrogens is 2. The van der Waals surface area contributed by atoms with E-state index in [2.05, 4.69) is 15.3 Å². The summed E-state index contributed by atoms with van der Waals surface area (Å²) in [5, 5.41) is 13.4. The number of rotatable bonds is 3. The van der Waals surface area contributed by atoms with E-state index in [9.17, 15) is 14.9 Å². The Bertz CT molecular complexity index is 736. The molecule has 9 heteroatoms. The van der Waals surface area contributed by atoms with Crippen LogP contribution in [0.5, 0.6) is 0 Å². The molecule has 0 aliphatic carbocycles. The largest absolute Gasteiger partial charge is 0.320 e. The van der Waals surface area contributed by atoms with Crippen LogP contribution in [0.25, 0.3) is 0 Å². The molecule has 1 N–H and O–H groups in total. The smallest absolute Gasteiger partial charge is 0.288 e. The average molecular weight is 327 g/mol. The molecular formula is C12H8Cl2N4O3. The Morgan fingerprint density at radius 3 is 2.52 bits per heavy atom. The van der Waals surface area contributed by atoms with E-state index in [1.807, 2.05) is 0 Å². The molecule has 0 saturated heterocycles. The SMILES string of the molecule is Cc1cc(NC(=O)c2cc([N+](=O)[O-])cnc2Cl)cnc1Cl. The van der Waals surface area contributed by atoms with Crippen molar-refractivity contribution in [1.29, 1.82) is 0 Å². The Balaban J connectivity index is 2.29. The fraction of sp³-hybridized carbons (Fsp3) is 0.0833. The van der Waals surface area contributed by atoms with Crippen LogP contribution in [0.2, 0.25) is 10.3 Å². The second-order valence-corrected chi connectivity index (χ2v) is 4.79. The molecule has 0 radical (unpaired) electrons. The Morgan fingerprint density at radius 1 is 1.24 bits per heavy atom. The van der Waals surface area contributed by atoms with Gasteiger partial charge < -0.3 is 5.32 Å². The third-order valence-corrected chi connectivity index (χ3v) is 3.25. The maximum Gasteiger partial charge on any atom is 0.288 e. The molecule has 2 aromatic heterocycles. The molecule has 108 valence electrons. The molecule has 0 fully saturated rings. The lowest BCUT2D eigenvalue weighted by Crippen LogP contribution is -2.13. The second-order valence-electron chi connectivity index (χ2n) is 4.07. The number of pyridine rings is 2. The lowest BCUT2D eigenvalue weighted by Gasteiger charge is -2.07. The summed E-state index contributed by atoms with van der Waals surface area (Å²) in [6, 6.07) is 2.67. The molecule has 0 spiro atoms. The van der Waals surface area contributed by atoms with Gasteiger partial charge in [-0.15, -0.1) is 0 Å². The van der Waals surface area contributed by atoms with Gasteiger partial charge in [0, 0.05) is 6.07 Å². The molecule has 0 unspecified atom stereocenters. The Morgan fingerprint density at radius 2 is 1.90 bits per heavy atom. The fourth-order valence-electron chi connectivity index (χ4n) is 1.52. The number of hydrogen-bond acceptors (Lipinski definition) is 5. The number of nitrogens with zero attached hydrogens (tertiary/aromatic N) is 3. The highest BCUT2D eigenvalue weighted by Gasteiger charge is 2.17. The zero-order valence-electron chi connectivity index (χ0n) is 10.6. The number of aryl methyl sites for hydroxylation is 1. The Hall–Kier alpha value is -2.25. The van der Waals surface area contributed by atoms with Gasteiger partial charge in [0.2, 0.25) is 0 Å². The topological polar surface area (TPSA) is 98.0 Å². The van der Waals surface area contributed by atoms with Gasteiger partial charge in [0.05, 0.1) is 22.4 Å². The van der Waals surface area contributed by atoms with Gasteiger partial charge in [-0.05, 0) is 18.6 Å². The summed E-state index contributed by atoms with van der Waals surface area (Å²) in [5.41, 5.74) is 0.649. The second kappa shape index (κ2) is 6.02. The average Bonchev–Trinajstić information content (AvgIpc) is 2.43. The zero-order chi connectivity index (χ0) is 15.6. The van der Waals surface area contributed by atoms with E-state index in [0.29, 0.717) is 16.4 Å². The van der Waals surface area contributed by atoms with Crippen LogP contribution in [0.3, 0.4) is 0 Å². The van der Waals surface area contributed by atoms with Crippen molar-refractivity contribution in [2.45, 2.75) is 6.92 Å². The summed E-state index contributed by atoms with van der Waals surface area (Å²) in [7, 11) is 0. The molecule has 1 amide bonds. The number of anilines is 1. The van der Waals surface area contributed by atoms with Crippen molar-refractivity contribution in [2.24, 2.45) is 0 Å². The third-order valence-electron chi connectivity index (χ3n) is 2.55. The molecule has 2 aromatic rings. The first-order valence-corrected chi connectivity index (χ1v) is 6.37. The molecule has 0 atom stereocenters. The van der Waals surface area contributed by atoms with Crippen molar-refractivity contribution in [3.63, 3.8) is 0 Å². The molecule has 21 heavy (non-hydrogen) atoms. The summed E-state index contributed by atoms with van der Waals surface area (Å²) < 4.78 is 0. The highest BCUT2D eigenvalue weighted by atomic mass is 35.5. The summed E-state index contributed by atoms with van der Waals surface area (Å²) in [4.78, 5) is 29.6. The van der Waals surface area contributed by atoms with Gasteiger partial charge in [-0.3, -0.25) is 14.9 Å². The van der Waals surface area contributed by atoms with Crippen LogP contribution in [0.1, 0.15) is 15.9 Å². The molecular weight excluding hydrogens is 319 g/mol. The van der Waals surface area contributed by atoms with Crippen molar-refractivity contribution < 1.29 is 9.72 Å². The highest BCUT2D eigenvalue weighted by molar-refractivity contribution is 6.33. The number of nitrogens with one attached hydrogen (secondary N) is 1. The molecule has 0 saturated carbocycles. The van der Waals surface area contributed by atoms with Crippen LogP contribution >= 0.6 is 23.2 Å². The van der Waals surface area contributed by atoms with Crippen LogP contribution in [0.15, 0.2) is 24.5 Å². The number of hydrogen-bond donors (Lipinski definition) is 1. The van der Waals surface area contributed by atoms with E-state index in [-0.39, 0.29) is 16.4 Å². The summed E-state index contributed by atoms with van der Waals surface area (Å²) in [6.45, 7) is 1.73. The van der Waals surface area contributed by atoms with Gasteiger partial charge in [0.15, 0.2) is 0 Å². The van der Waals surface area contributed by atoms with Crippen molar-refractivity contribution in [3.8, 4) is 0 Å². The number of carbonyl (C=O) groups excluding carboxylic acids is 1. The van der Waals surface area contributed by atoms with Crippen molar-refractivity contribution >= 4 is 40.5 Å². The fourth-order valence-corrected chi connectivity index (χ4v) is 1.81. The Kier molecular flexibility index (Phi) is 4.35. The first kappa shape index (κ1) is 15.1. The summed E-state index contributed by atoms with van der Waals surface area (Å²) in [6.07, 6.45) is 2.35. The summed E-state index contributed by atoms with van der Waals surface area (Å²) >= 11 is 11.6. The standard InChI is InChI=1S/C12H8Cl2N4O3/c1-6-2-7(4-15-10(6)13)17-12(19)9-3-8(18(20)21)5-16-11(9)14/h2-5H,1H3,(H,17,19). The number of carbonyl (C=O) groups is 1. The first-order valence-electron chi connectivity index (χ1n) is 5.62. The van der Waals surface area contributed by atoms with E-state index in [0.717, 1.165) is 12.3 Å². The third kappa shape index (κ3) is 3.45. The first-order chi connectivity index (χ1) is 9.88. The quantitative estimate of drug-likeness (QED) is 0.530.